The summed E-state index contributed by atoms with van der Waals surface area (Å²) in [5.41, 5.74) is 6.23. The van der Waals surface area contributed by atoms with Gasteiger partial charge in [-0.1, -0.05) is 0 Å². The van der Waals surface area contributed by atoms with E-state index in [4.69, 9.17) is 15.2 Å². The highest BCUT2D eigenvalue weighted by Crippen LogP contribution is 2.30. The first-order valence-electron chi connectivity index (χ1n) is 6.95. The van der Waals surface area contributed by atoms with E-state index in [9.17, 15) is 0 Å². The summed E-state index contributed by atoms with van der Waals surface area (Å²) in [4.78, 5) is 2.57. The Labute approximate surface area is 104 Å². The molecule has 4 nitrogen and oxygen atoms in total. The van der Waals surface area contributed by atoms with Gasteiger partial charge in [0.2, 0.25) is 0 Å². The fourth-order valence-corrected chi connectivity index (χ4v) is 3.14. The number of nitrogens with zero attached hydrogens (tertiary/aromatic N) is 1. The van der Waals surface area contributed by atoms with Gasteiger partial charge in [-0.2, -0.15) is 0 Å². The fourth-order valence-electron chi connectivity index (χ4n) is 3.14. The van der Waals surface area contributed by atoms with Gasteiger partial charge in [0.1, 0.15) is 0 Å². The first-order valence-corrected chi connectivity index (χ1v) is 6.95. The molecule has 1 unspecified atom stereocenters. The number of ether oxygens (including phenoxy) is 2. The van der Waals surface area contributed by atoms with Crippen LogP contribution in [0.3, 0.4) is 0 Å². The summed E-state index contributed by atoms with van der Waals surface area (Å²) in [5.74, 6) is 0. The Morgan fingerprint density at radius 2 is 2.18 bits per heavy atom. The van der Waals surface area contributed by atoms with E-state index in [0.717, 1.165) is 45.8 Å². The Kier molecular flexibility index (Phi) is 4.79. The van der Waals surface area contributed by atoms with Gasteiger partial charge < -0.3 is 15.2 Å². The van der Waals surface area contributed by atoms with Gasteiger partial charge in [-0.3, -0.25) is 4.90 Å². The average molecular weight is 242 g/mol. The predicted molar refractivity (Wildman–Crippen MR) is 68.1 cm³/mol. The van der Waals surface area contributed by atoms with Crippen molar-refractivity contribution >= 4 is 0 Å². The molecule has 2 N–H and O–H groups in total. The molecule has 2 aliphatic rings. The zero-order valence-electron chi connectivity index (χ0n) is 11.0. The lowest BCUT2D eigenvalue weighted by atomic mass is 9.86. The summed E-state index contributed by atoms with van der Waals surface area (Å²) < 4.78 is 11.3. The third-order valence-electron chi connectivity index (χ3n) is 4.25. The van der Waals surface area contributed by atoms with Crippen LogP contribution >= 0.6 is 0 Å². The van der Waals surface area contributed by atoms with Gasteiger partial charge in [0, 0.05) is 38.4 Å². The van der Waals surface area contributed by atoms with Crippen LogP contribution in [0.4, 0.5) is 0 Å². The third-order valence-corrected chi connectivity index (χ3v) is 4.25. The summed E-state index contributed by atoms with van der Waals surface area (Å²) in [6.07, 6.45) is 4.97. The second kappa shape index (κ2) is 6.14. The Morgan fingerprint density at radius 1 is 1.41 bits per heavy atom. The molecule has 2 fully saturated rings. The molecule has 0 aromatic heterocycles. The smallest absolute Gasteiger partial charge is 0.0702 e. The summed E-state index contributed by atoms with van der Waals surface area (Å²) in [5, 5.41) is 0. The van der Waals surface area contributed by atoms with Crippen LogP contribution in [0.2, 0.25) is 0 Å². The Bertz CT molecular complexity index is 227. The Morgan fingerprint density at radius 3 is 2.82 bits per heavy atom. The first-order chi connectivity index (χ1) is 8.30. The Hall–Kier alpha value is -0.160. The zero-order valence-corrected chi connectivity index (χ0v) is 11.0. The van der Waals surface area contributed by atoms with Crippen molar-refractivity contribution in [3.8, 4) is 0 Å². The first kappa shape index (κ1) is 13.3. The van der Waals surface area contributed by atoms with Gasteiger partial charge in [-0.25, -0.2) is 0 Å². The number of likely N-dealkylation sites (tertiary alicyclic amines) is 1. The molecular formula is C13H26N2O2. The van der Waals surface area contributed by atoms with Crippen molar-refractivity contribution < 1.29 is 9.47 Å². The molecule has 0 bridgehead atoms. The minimum absolute atomic E-state index is 0.175. The quantitative estimate of drug-likeness (QED) is 0.799. The number of hydrogen-bond donors (Lipinski definition) is 1. The molecule has 2 aliphatic heterocycles. The van der Waals surface area contributed by atoms with Crippen molar-refractivity contribution in [3.63, 3.8) is 0 Å². The highest BCUT2D eigenvalue weighted by atomic mass is 16.5. The molecule has 4 heteroatoms. The fraction of sp³-hybridized carbons (Fsp3) is 1.00. The lowest BCUT2D eigenvalue weighted by molar-refractivity contribution is -0.0706. The summed E-state index contributed by atoms with van der Waals surface area (Å²) in [7, 11) is 0. The van der Waals surface area contributed by atoms with Gasteiger partial charge in [0.15, 0.2) is 0 Å². The van der Waals surface area contributed by atoms with Crippen LogP contribution in [0.1, 0.15) is 32.6 Å². The van der Waals surface area contributed by atoms with E-state index in [-0.39, 0.29) is 5.54 Å². The van der Waals surface area contributed by atoms with Crippen molar-refractivity contribution in [3.05, 3.63) is 0 Å². The number of hydrogen-bond acceptors (Lipinski definition) is 4. The molecular weight excluding hydrogens is 216 g/mol. The summed E-state index contributed by atoms with van der Waals surface area (Å²) >= 11 is 0. The predicted octanol–water partition coefficient (Wildman–Crippen LogP) is 0.995. The average Bonchev–Trinajstić information content (AvgIpc) is 2.40. The maximum absolute atomic E-state index is 6.05. The van der Waals surface area contributed by atoms with Gasteiger partial charge in [-0.15, -0.1) is 0 Å². The van der Waals surface area contributed by atoms with Crippen molar-refractivity contribution in [2.75, 3.05) is 39.5 Å². The molecule has 2 rings (SSSR count). The van der Waals surface area contributed by atoms with Gasteiger partial charge in [0.05, 0.1) is 6.10 Å². The SMILES string of the molecule is CCOC1CCCN(C2(CN)CCOCC2)C1. The number of rotatable bonds is 4. The molecule has 0 aromatic rings. The van der Waals surface area contributed by atoms with E-state index in [0.29, 0.717) is 6.10 Å². The molecule has 0 spiro atoms. The standard InChI is InChI=1S/C13H26N2O2/c1-2-17-12-4-3-7-15(10-12)13(11-14)5-8-16-9-6-13/h12H,2-11,14H2,1H3. The molecule has 0 radical (unpaired) electrons. The van der Waals surface area contributed by atoms with Crippen molar-refractivity contribution in [1.82, 2.24) is 4.90 Å². The van der Waals surface area contributed by atoms with E-state index in [1.807, 2.05) is 0 Å². The molecule has 2 saturated heterocycles. The molecule has 0 aromatic carbocycles. The normalized spacial score (nSPS) is 30.4. The maximum Gasteiger partial charge on any atom is 0.0702 e. The molecule has 0 amide bonds. The van der Waals surface area contributed by atoms with Crippen LogP contribution in [0, 0.1) is 0 Å². The Balaban J connectivity index is 1.98. The molecule has 0 aliphatic carbocycles. The monoisotopic (exact) mass is 242 g/mol. The van der Waals surface area contributed by atoms with Gasteiger partial charge >= 0.3 is 0 Å². The summed E-state index contributed by atoms with van der Waals surface area (Å²) in [6.45, 7) is 7.56. The van der Waals surface area contributed by atoms with Crippen LogP contribution in [-0.4, -0.2) is 56.0 Å². The molecule has 0 saturated carbocycles. The second-order valence-electron chi connectivity index (χ2n) is 5.21. The number of piperidine rings is 1. The second-order valence-corrected chi connectivity index (χ2v) is 5.21. The molecule has 100 valence electrons. The minimum Gasteiger partial charge on any atom is -0.381 e. The molecule has 2 heterocycles. The van der Waals surface area contributed by atoms with Gasteiger partial charge in [-0.05, 0) is 39.2 Å². The topological polar surface area (TPSA) is 47.7 Å². The highest BCUT2D eigenvalue weighted by molar-refractivity contribution is 4.96. The van der Waals surface area contributed by atoms with Crippen molar-refractivity contribution in [1.29, 1.82) is 0 Å². The van der Waals surface area contributed by atoms with Crippen LogP contribution in [-0.2, 0) is 9.47 Å². The minimum atomic E-state index is 0.175. The van der Waals surface area contributed by atoms with E-state index >= 15 is 0 Å². The lowest BCUT2D eigenvalue weighted by Crippen LogP contribution is -2.60. The third kappa shape index (κ3) is 2.99. The molecule has 17 heavy (non-hydrogen) atoms. The van der Waals surface area contributed by atoms with E-state index < -0.39 is 0 Å². The van der Waals surface area contributed by atoms with E-state index in [2.05, 4.69) is 11.8 Å². The zero-order chi connectivity index (χ0) is 12.1. The van der Waals surface area contributed by atoms with Crippen molar-refractivity contribution in [2.45, 2.75) is 44.2 Å². The molecule has 1 atom stereocenters. The van der Waals surface area contributed by atoms with Crippen LogP contribution < -0.4 is 5.73 Å². The van der Waals surface area contributed by atoms with E-state index in [1.165, 1.54) is 19.4 Å². The lowest BCUT2D eigenvalue weighted by Gasteiger charge is -2.48. The largest absolute Gasteiger partial charge is 0.381 e. The summed E-state index contributed by atoms with van der Waals surface area (Å²) in [6, 6.07) is 0. The van der Waals surface area contributed by atoms with Crippen LogP contribution in [0.25, 0.3) is 0 Å². The van der Waals surface area contributed by atoms with Crippen LogP contribution in [0.5, 0.6) is 0 Å². The highest BCUT2D eigenvalue weighted by Gasteiger charge is 2.39. The van der Waals surface area contributed by atoms with Gasteiger partial charge in [0.25, 0.3) is 0 Å². The maximum atomic E-state index is 6.05. The van der Waals surface area contributed by atoms with E-state index in [1.54, 1.807) is 0 Å². The van der Waals surface area contributed by atoms with Crippen LogP contribution in [0.15, 0.2) is 0 Å². The van der Waals surface area contributed by atoms with Crippen molar-refractivity contribution in [2.24, 2.45) is 5.73 Å². The number of nitrogens with two attached hydrogens (primary N) is 1.